The third-order valence-corrected chi connectivity index (χ3v) is 4.87. The zero-order valence-corrected chi connectivity index (χ0v) is 12.2. The van der Waals surface area contributed by atoms with Crippen molar-refractivity contribution in [1.82, 2.24) is 4.90 Å². The molecule has 0 spiro atoms. The SMILES string of the molecule is CC1CCCC(C)N(C(=O)CC2CCCCC2)C1. The smallest absolute Gasteiger partial charge is 0.223 e. The highest BCUT2D eigenvalue weighted by Crippen LogP contribution is 2.28. The van der Waals surface area contributed by atoms with Crippen molar-refractivity contribution in [2.45, 2.75) is 77.7 Å². The summed E-state index contributed by atoms with van der Waals surface area (Å²) in [5.74, 6) is 1.80. The van der Waals surface area contributed by atoms with Crippen LogP contribution in [0, 0.1) is 11.8 Å². The molecule has 1 heterocycles. The van der Waals surface area contributed by atoms with Gasteiger partial charge in [0.2, 0.25) is 5.91 Å². The molecule has 2 unspecified atom stereocenters. The number of carbonyl (C=O) groups excluding carboxylic acids is 1. The Kier molecular flexibility index (Phi) is 5.08. The van der Waals surface area contributed by atoms with Gasteiger partial charge in [0.25, 0.3) is 0 Å². The molecule has 2 fully saturated rings. The van der Waals surface area contributed by atoms with Crippen molar-refractivity contribution in [3.05, 3.63) is 0 Å². The molecule has 1 amide bonds. The normalized spacial score (nSPS) is 31.1. The van der Waals surface area contributed by atoms with Crippen LogP contribution < -0.4 is 0 Å². The van der Waals surface area contributed by atoms with E-state index in [2.05, 4.69) is 18.7 Å². The van der Waals surface area contributed by atoms with E-state index in [4.69, 9.17) is 0 Å². The van der Waals surface area contributed by atoms with Crippen LogP contribution in [0.15, 0.2) is 0 Å². The number of amides is 1. The van der Waals surface area contributed by atoms with E-state index >= 15 is 0 Å². The summed E-state index contributed by atoms with van der Waals surface area (Å²) >= 11 is 0. The molecular formula is C16H29NO. The van der Waals surface area contributed by atoms with Crippen molar-refractivity contribution in [2.24, 2.45) is 11.8 Å². The molecule has 18 heavy (non-hydrogen) atoms. The Labute approximate surface area is 112 Å². The summed E-state index contributed by atoms with van der Waals surface area (Å²) in [6.45, 7) is 5.52. The molecule has 0 aromatic rings. The molecule has 2 aliphatic rings. The maximum absolute atomic E-state index is 12.5. The molecule has 2 heteroatoms. The Balaban J connectivity index is 1.88. The lowest BCUT2D eigenvalue weighted by molar-refractivity contribution is -0.134. The van der Waals surface area contributed by atoms with Crippen molar-refractivity contribution in [3.8, 4) is 0 Å². The van der Waals surface area contributed by atoms with Crippen molar-refractivity contribution < 1.29 is 4.79 Å². The molecule has 0 N–H and O–H groups in total. The fraction of sp³-hybridized carbons (Fsp3) is 0.938. The molecule has 2 rings (SSSR count). The Morgan fingerprint density at radius 3 is 2.44 bits per heavy atom. The average Bonchev–Trinajstić information content (AvgIpc) is 2.52. The number of likely N-dealkylation sites (tertiary alicyclic amines) is 1. The van der Waals surface area contributed by atoms with Gasteiger partial charge in [-0.25, -0.2) is 0 Å². The van der Waals surface area contributed by atoms with E-state index in [9.17, 15) is 4.79 Å². The number of hydrogen-bond donors (Lipinski definition) is 0. The lowest BCUT2D eigenvalue weighted by Crippen LogP contribution is -2.40. The third kappa shape index (κ3) is 3.73. The average molecular weight is 251 g/mol. The fourth-order valence-electron chi connectivity index (χ4n) is 3.63. The van der Waals surface area contributed by atoms with Crippen LogP contribution in [0.3, 0.4) is 0 Å². The number of carbonyl (C=O) groups is 1. The van der Waals surface area contributed by atoms with Gasteiger partial charge in [0.15, 0.2) is 0 Å². The number of rotatable bonds is 2. The first-order chi connectivity index (χ1) is 8.66. The van der Waals surface area contributed by atoms with E-state index in [0.717, 1.165) is 13.0 Å². The molecule has 0 aromatic carbocycles. The van der Waals surface area contributed by atoms with E-state index < -0.39 is 0 Å². The summed E-state index contributed by atoms with van der Waals surface area (Å²) in [6, 6.07) is 0.464. The van der Waals surface area contributed by atoms with Gasteiger partial charge in [-0.2, -0.15) is 0 Å². The lowest BCUT2D eigenvalue weighted by atomic mass is 9.86. The highest BCUT2D eigenvalue weighted by molar-refractivity contribution is 5.76. The largest absolute Gasteiger partial charge is 0.340 e. The first-order valence-corrected chi connectivity index (χ1v) is 7.96. The maximum Gasteiger partial charge on any atom is 0.223 e. The fourth-order valence-corrected chi connectivity index (χ4v) is 3.63. The minimum absolute atomic E-state index is 0.433. The van der Waals surface area contributed by atoms with Gasteiger partial charge < -0.3 is 4.90 Å². The summed E-state index contributed by atoms with van der Waals surface area (Å²) in [5, 5.41) is 0. The van der Waals surface area contributed by atoms with Gasteiger partial charge in [-0.1, -0.05) is 32.6 Å². The van der Waals surface area contributed by atoms with Crippen LogP contribution in [0.1, 0.15) is 71.6 Å². The van der Waals surface area contributed by atoms with Crippen LogP contribution in [-0.2, 0) is 4.79 Å². The van der Waals surface area contributed by atoms with Crippen LogP contribution in [0.2, 0.25) is 0 Å². The Hall–Kier alpha value is -0.530. The molecule has 0 radical (unpaired) electrons. The molecule has 0 bridgehead atoms. The molecule has 1 saturated carbocycles. The quantitative estimate of drug-likeness (QED) is 0.726. The van der Waals surface area contributed by atoms with E-state index in [-0.39, 0.29) is 0 Å². The Morgan fingerprint density at radius 2 is 1.72 bits per heavy atom. The predicted octanol–water partition coefficient (Wildman–Crippen LogP) is 3.99. The third-order valence-electron chi connectivity index (χ3n) is 4.87. The molecule has 2 atom stereocenters. The van der Waals surface area contributed by atoms with Crippen LogP contribution in [-0.4, -0.2) is 23.4 Å². The molecule has 0 aromatic heterocycles. The van der Waals surface area contributed by atoms with E-state index in [0.29, 0.717) is 23.8 Å². The van der Waals surface area contributed by atoms with Crippen LogP contribution >= 0.6 is 0 Å². The van der Waals surface area contributed by atoms with Crippen LogP contribution in [0.4, 0.5) is 0 Å². The molecular weight excluding hydrogens is 222 g/mol. The Bertz CT molecular complexity index is 270. The van der Waals surface area contributed by atoms with Gasteiger partial charge in [-0.3, -0.25) is 4.79 Å². The van der Waals surface area contributed by atoms with Gasteiger partial charge in [0, 0.05) is 19.0 Å². The minimum atomic E-state index is 0.433. The van der Waals surface area contributed by atoms with Gasteiger partial charge in [-0.05, 0) is 44.4 Å². The van der Waals surface area contributed by atoms with Crippen molar-refractivity contribution in [2.75, 3.05) is 6.54 Å². The first-order valence-electron chi connectivity index (χ1n) is 7.96. The zero-order valence-electron chi connectivity index (χ0n) is 12.2. The molecule has 104 valence electrons. The predicted molar refractivity (Wildman–Crippen MR) is 75.4 cm³/mol. The van der Waals surface area contributed by atoms with Crippen molar-refractivity contribution >= 4 is 5.91 Å². The summed E-state index contributed by atoms with van der Waals surface area (Å²) in [6.07, 6.45) is 11.2. The van der Waals surface area contributed by atoms with E-state index in [1.165, 1.54) is 51.4 Å². The topological polar surface area (TPSA) is 20.3 Å². The standard InChI is InChI=1S/C16H29NO/c1-13-7-6-8-14(2)17(12-13)16(18)11-15-9-4-3-5-10-15/h13-15H,3-12H2,1-2H3. The van der Waals surface area contributed by atoms with Crippen molar-refractivity contribution in [3.63, 3.8) is 0 Å². The summed E-state index contributed by atoms with van der Waals surface area (Å²) in [7, 11) is 0. The lowest BCUT2D eigenvalue weighted by Gasteiger charge is -2.31. The second kappa shape index (κ2) is 6.58. The van der Waals surface area contributed by atoms with E-state index in [1.807, 2.05) is 0 Å². The second-order valence-corrected chi connectivity index (χ2v) is 6.64. The molecule has 2 nitrogen and oxygen atoms in total. The summed E-state index contributed by atoms with van der Waals surface area (Å²) < 4.78 is 0. The number of nitrogens with zero attached hydrogens (tertiary/aromatic N) is 1. The monoisotopic (exact) mass is 251 g/mol. The van der Waals surface area contributed by atoms with E-state index in [1.54, 1.807) is 0 Å². The van der Waals surface area contributed by atoms with Crippen LogP contribution in [0.5, 0.6) is 0 Å². The first kappa shape index (κ1) is 13.9. The summed E-state index contributed by atoms with van der Waals surface area (Å²) in [4.78, 5) is 14.7. The Morgan fingerprint density at radius 1 is 1.00 bits per heavy atom. The van der Waals surface area contributed by atoms with Gasteiger partial charge >= 0.3 is 0 Å². The van der Waals surface area contributed by atoms with Gasteiger partial charge in [0.05, 0.1) is 0 Å². The minimum Gasteiger partial charge on any atom is -0.340 e. The maximum atomic E-state index is 12.5. The second-order valence-electron chi connectivity index (χ2n) is 6.64. The molecule has 1 aliphatic carbocycles. The molecule has 1 saturated heterocycles. The molecule has 1 aliphatic heterocycles. The van der Waals surface area contributed by atoms with Gasteiger partial charge in [-0.15, -0.1) is 0 Å². The van der Waals surface area contributed by atoms with Gasteiger partial charge in [0.1, 0.15) is 0 Å². The van der Waals surface area contributed by atoms with Crippen LogP contribution in [0.25, 0.3) is 0 Å². The highest BCUT2D eigenvalue weighted by atomic mass is 16.2. The van der Waals surface area contributed by atoms with Crippen molar-refractivity contribution in [1.29, 1.82) is 0 Å². The highest BCUT2D eigenvalue weighted by Gasteiger charge is 2.27. The number of hydrogen-bond acceptors (Lipinski definition) is 1. The summed E-state index contributed by atoms with van der Waals surface area (Å²) in [5.41, 5.74) is 0. The zero-order chi connectivity index (χ0) is 13.0.